The van der Waals surface area contributed by atoms with Crippen molar-refractivity contribution < 1.29 is 18.8 Å². The molecule has 0 bridgehead atoms. The summed E-state index contributed by atoms with van der Waals surface area (Å²) in [5.74, 6) is -1.27. The number of carbonyl (C=O) groups excluding carboxylic acids is 3. The molecule has 1 aliphatic rings. The number of anilines is 1. The summed E-state index contributed by atoms with van der Waals surface area (Å²) < 4.78 is 13.2. The van der Waals surface area contributed by atoms with Crippen LogP contribution in [0.3, 0.4) is 0 Å². The van der Waals surface area contributed by atoms with Crippen LogP contribution in [0.4, 0.5) is 14.9 Å². The Morgan fingerprint density at radius 3 is 2.43 bits per heavy atom. The van der Waals surface area contributed by atoms with E-state index in [1.807, 2.05) is 26.0 Å². The zero-order valence-electron chi connectivity index (χ0n) is 16.0. The summed E-state index contributed by atoms with van der Waals surface area (Å²) in [7, 11) is 0. The van der Waals surface area contributed by atoms with Gasteiger partial charge in [-0.1, -0.05) is 44.2 Å². The maximum atomic E-state index is 13.2. The topological polar surface area (TPSA) is 78.5 Å². The molecule has 0 saturated carbocycles. The van der Waals surface area contributed by atoms with E-state index in [1.54, 1.807) is 12.1 Å². The van der Waals surface area contributed by atoms with Gasteiger partial charge in [0, 0.05) is 5.69 Å². The van der Waals surface area contributed by atoms with Crippen LogP contribution in [0, 0.1) is 5.82 Å². The number of carbonyl (C=O) groups is 3. The molecule has 6 nitrogen and oxygen atoms in total. The normalized spacial score (nSPS) is 19.1. The number of nitrogens with one attached hydrogen (secondary N) is 2. The van der Waals surface area contributed by atoms with Gasteiger partial charge in [-0.05, 0) is 42.2 Å². The molecule has 0 radical (unpaired) electrons. The van der Waals surface area contributed by atoms with Gasteiger partial charge < -0.3 is 10.6 Å². The summed E-state index contributed by atoms with van der Waals surface area (Å²) in [5.41, 5.74) is 0.710. The second-order valence-electron chi connectivity index (χ2n) is 7.24. The first-order chi connectivity index (χ1) is 13.2. The van der Waals surface area contributed by atoms with Crippen molar-refractivity contribution in [2.24, 2.45) is 0 Å². The Kier molecular flexibility index (Phi) is 5.18. The van der Waals surface area contributed by atoms with Crippen LogP contribution in [0.1, 0.15) is 37.8 Å². The zero-order chi connectivity index (χ0) is 20.5. The Bertz CT molecular complexity index is 927. The Hall–Kier alpha value is -3.22. The maximum absolute atomic E-state index is 13.2. The number of imide groups is 1. The summed E-state index contributed by atoms with van der Waals surface area (Å²) >= 11 is 0. The highest BCUT2D eigenvalue weighted by molar-refractivity contribution is 6.10. The predicted octanol–water partition coefficient (Wildman–Crippen LogP) is 3.35. The van der Waals surface area contributed by atoms with Gasteiger partial charge in [-0.25, -0.2) is 9.18 Å². The Morgan fingerprint density at radius 1 is 1.14 bits per heavy atom. The lowest BCUT2D eigenvalue weighted by Crippen LogP contribution is -2.42. The van der Waals surface area contributed by atoms with Crippen LogP contribution >= 0.6 is 0 Å². The number of rotatable bonds is 5. The molecular formula is C21H22FN3O3. The number of nitrogens with zero attached hydrogens (tertiary/aromatic N) is 1. The first-order valence-electron chi connectivity index (χ1n) is 9.01. The molecule has 4 amide bonds. The third-order valence-electron chi connectivity index (χ3n) is 4.86. The molecule has 2 aromatic carbocycles. The molecule has 2 N–H and O–H groups in total. The summed E-state index contributed by atoms with van der Waals surface area (Å²) in [5, 5.41) is 5.37. The first kappa shape index (κ1) is 19.5. The highest BCUT2D eigenvalue weighted by Crippen LogP contribution is 2.29. The number of hydrogen-bond acceptors (Lipinski definition) is 3. The van der Waals surface area contributed by atoms with Gasteiger partial charge in [-0.15, -0.1) is 0 Å². The Balaban J connectivity index is 1.76. The second-order valence-corrected chi connectivity index (χ2v) is 7.24. The molecule has 1 unspecified atom stereocenters. The lowest BCUT2D eigenvalue weighted by molar-refractivity contribution is -0.133. The van der Waals surface area contributed by atoms with Gasteiger partial charge in [0.1, 0.15) is 17.9 Å². The summed E-state index contributed by atoms with van der Waals surface area (Å²) in [6, 6.07) is 12.0. The molecule has 7 heteroatoms. The van der Waals surface area contributed by atoms with E-state index in [0.717, 1.165) is 10.5 Å². The van der Waals surface area contributed by atoms with Gasteiger partial charge in [-0.3, -0.25) is 14.5 Å². The minimum Gasteiger partial charge on any atom is -0.324 e. The highest BCUT2D eigenvalue weighted by Gasteiger charge is 2.49. The molecular weight excluding hydrogens is 361 g/mol. The van der Waals surface area contributed by atoms with Crippen LogP contribution in [0.15, 0.2) is 48.5 Å². The van der Waals surface area contributed by atoms with Crippen LogP contribution in [0.5, 0.6) is 0 Å². The molecule has 1 atom stereocenters. The molecule has 1 saturated heterocycles. The molecule has 0 aliphatic carbocycles. The molecule has 0 spiro atoms. The van der Waals surface area contributed by atoms with Crippen LogP contribution in [-0.2, 0) is 15.1 Å². The van der Waals surface area contributed by atoms with Crippen molar-refractivity contribution in [3.63, 3.8) is 0 Å². The average molecular weight is 383 g/mol. The third-order valence-corrected chi connectivity index (χ3v) is 4.86. The van der Waals surface area contributed by atoms with E-state index in [9.17, 15) is 18.8 Å². The largest absolute Gasteiger partial charge is 0.325 e. The number of amides is 4. The molecule has 1 fully saturated rings. The molecule has 0 aromatic heterocycles. The fourth-order valence-electron chi connectivity index (χ4n) is 3.27. The summed E-state index contributed by atoms with van der Waals surface area (Å²) in [4.78, 5) is 38.6. The smallest absolute Gasteiger partial charge is 0.324 e. The molecule has 1 heterocycles. The molecule has 28 heavy (non-hydrogen) atoms. The second kappa shape index (κ2) is 7.42. The fraction of sp³-hybridized carbons (Fsp3) is 0.286. The van der Waals surface area contributed by atoms with Gasteiger partial charge in [0.05, 0.1) is 0 Å². The van der Waals surface area contributed by atoms with E-state index in [4.69, 9.17) is 0 Å². The van der Waals surface area contributed by atoms with Crippen LogP contribution in [0.2, 0.25) is 0 Å². The van der Waals surface area contributed by atoms with Gasteiger partial charge in [0.2, 0.25) is 5.91 Å². The van der Waals surface area contributed by atoms with Crippen molar-refractivity contribution >= 4 is 23.5 Å². The van der Waals surface area contributed by atoms with Crippen molar-refractivity contribution in [1.29, 1.82) is 0 Å². The van der Waals surface area contributed by atoms with E-state index in [0.29, 0.717) is 11.3 Å². The van der Waals surface area contributed by atoms with Gasteiger partial charge in [-0.2, -0.15) is 0 Å². The minimum absolute atomic E-state index is 0.204. The van der Waals surface area contributed by atoms with E-state index < -0.39 is 35.7 Å². The van der Waals surface area contributed by atoms with E-state index in [1.165, 1.54) is 31.2 Å². The maximum Gasteiger partial charge on any atom is 0.325 e. The van der Waals surface area contributed by atoms with E-state index >= 15 is 0 Å². The van der Waals surface area contributed by atoms with E-state index in [-0.39, 0.29) is 5.92 Å². The van der Waals surface area contributed by atoms with Crippen molar-refractivity contribution in [3.05, 3.63) is 65.5 Å². The minimum atomic E-state index is -1.35. The predicted molar refractivity (Wildman–Crippen MR) is 103 cm³/mol. The van der Waals surface area contributed by atoms with Crippen molar-refractivity contribution in [1.82, 2.24) is 10.2 Å². The fourth-order valence-corrected chi connectivity index (χ4v) is 3.27. The highest BCUT2D eigenvalue weighted by atomic mass is 19.1. The van der Waals surface area contributed by atoms with Gasteiger partial charge >= 0.3 is 6.03 Å². The molecule has 3 rings (SSSR count). The van der Waals surface area contributed by atoms with Crippen molar-refractivity contribution in [2.45, 2.75) is 32.2 Å². The standard InChI is InChI=1S/C21H22FN3O3/c1-13(2)16-6-4-5-7-17(16)23-18(26)12-25-19(27)21(3,24-20(25)28)14-8-10-15(22)11-9-14/h4-11,13H,12H2,1-3H3,(H,23,26)(H,24,28). The summed E-state index contributed by atoms with van der Waals surface area (Å²) in [6.07, 6.45) is 0. The molecule has 2 aromatic rings. The lowest BCUT2D eigenvalue weighted by Gasteiger charge is -2.22. The number of halogens is 1. The van der Waals surface area contributed by atoms with Crippen LogP contribution in [-0.4, -0.2) is 29.3 Å². The van der Waals surface area contributed by atoms with Gasteiger partial charge in [0.25, 0.3) is 5.91 Å². The quantitative estimate of drug-likeness (QED) is 0.777. The number of urea groups is 1. The summed E-state index contributed by atoms with van der Waals surface area (Å²) in [6.45, 7) is 5.15. The SMILES string of the molecule is CC(C)c1ccccc1NC(=O)CN1C(=O)NC(C)(c2ccc(F)cc2)C1=O. The van der Waals surface area contributed by atoms with Gasteiger partial charge in [0.15, 0.2) is 0 Å². The number of benzene rings is 2. The lowest BCUT2D eigenvalue weighted by atomic mass is 9.92. The number of hydrogen-bond donors (Lipinski definition) is 2. The van der Waals surface area contributed by atoms with Crippen LogP contribution in [0.25, 0.3) is 0 Å². The van der Waals surface area contributed by atoms with E-state index in [2.05, 4.69) is 10.6 Å². The average Bonchev–Trinajstić information content (AvgIpc) is 2.86. The Labute approximate surface area is 162 Å². The monoisotopic (exact) mass is 383 g/mol. The number of para-hydroxylation sites is 1. The van der Waals surface area contributed by atoms with Crippen molar-refractivity contribution in [3.8, 4) is 0 Å². The third kappa shape index (κ3) is 3.60. The van der Waals surface area contributed by atoms with Crippen LogP contribution < -0.4 is 10.6 Å². The molecule has 146 valence electrons. The molecule has 1 aliphatic heterocycles. The zero-order valence-corrected chi connectivity index (χ0v) is 16.0. The Morgan fingerprint density at radius 2 is 1.79 bits per heavy atom. The van der Waals surface area contributed by atoms with Crippen molar-refractivity contribution in [2.75, 3.05) is 11.9 Å². The first-order valence-corrected chi connectivity index (χ1v) is 9.01.